The van der Waals surface area contributed by atoms with Gasteiger partial charge < -0.3 is 15.7 Å². The van der Waals surface area contributed by atoms with Gasteiger partial charge in [-0.15, -0.1) is 0 Å². The lowest BCUT2D eigenvalue weighted by Crippen LogP contribution is -2.14. The van der Waals surface area contributed by atoms with E-state index in [1.807, 2.05) is 24.3 Å². The van der Waals surface area contributed by atoms with Crippen LogP contribution in [0.5, 0.6) is 5.75 Å². The zero-order valence-corrected chi connectivity index (χ0v) is 14.5. The Bertz CT molecular complexity index is 1250. The zero-order valence-electron chi connectivity index (χ0n) is 13.7. The van der Waals surface area contributed by atoms with E-state index < -0.39 is 10.1 Å². The van der Waals surface area contributed by atoms with Crippen molar-refractivity contribution in [2.45, 2.75) is 4.90 Å². The molecular weight excluding hydrogens is 348 g/mol. The number of rotatable bonds is 3. The van der Waals surface area contributed by atoms with Crippen LogP contribution in [0.25, 0.3) is 21.5 Å². The normalized spacial score (nSPS) is 11.7. The molecule has 130 valence electrons. The Morgan fingerprint density at radius 2 is 1.35 bits per heavy atom. The Morgan fingerprint density at radius 1 is 0.731 bits per heavy atom. The highest BCUT2D eigenvalue weighted by molar-refractivity contribution is 7.87. The van der Waals surface area contributed by atoms with Crippen molar-refractivity contribution in [1.82, 2.24) is 0 Å². The molecule has 0 saturated heterocycles. The zero-order chi connectivity index (χ0) is 18.3. The lowest BCUT2D eigenvalue weighted by atomic mass is 10.1. The van der Waals surface area contributed by atoms with E-state index in [4.69, 9.17) is 15.7 Å². The van der Waals surface area contributed by atoms with E-state index in [0.29, 0.717) is 16.2 Å². The number of nitrogen functional groups attached to an aromatic ring is 2. The molecule has 0 heterocycles. The third kappa shape index (κ3) is 2.60. The second kappa shape index (κ2) is 5.93. The summed E-state index contributed by atoms with van der Waals surface area (Å²) in [6, 6.07) is 21.3. The fourth-order valence-electron chi connectivity index (χ4n) is 3.05. The fraction of sp³-hybridized carbons (Fsp3) is 0. The summed E-state index contributed by atoms with van der Waals surface area (Å²) < 4.78 is 31.6. The van der Waals surface area contributed by atoms with Gasteiger partial charge in [-0.2, -0.15) is 8.42 Å². The maximum absolute atomic E-state index is 13.1. The van der Waals surface area contributed by atoms with E-state index in [-0.39, 0.29) is 22.0 Å². The molecule has 0 amide bonds. The van der Waals surface area contributed by atoms with Crippen molar-refractivity contribution in [2.75, 3.05) is 11.5 Å². The molecule has 0 atom stereocenters. The molecule has 0 spiro atoms. The van der Waals surface area contributed by atoms with Gasteiger partial charge >= 0.3 is 10.1 Å². The molecule has 4 N–H and O–H groups in total. The first-order valence-electron chi connectivity index (χ1n) is 7.96. The summed E-state index contributed by atoms with van der Waals surface area (Å²) in [6.07, 6.45) is 0. The molecule has 0 aliphatic carbocycles. The first-order valence-corrected chi connectivity index (χ1v) is 9.37. The molecule has 0 saturated carbocycles. The molecule has 0 unspecified atom stereocenters. The SMILES string of the molecule is Nc1cc2ccccc2c(S(=O)(=O)Oc2cccc3ccccc23)c1N. The molecule has 0 radical (unpaired) electrons. The molecule has 6 heteroatoms. The van der Waals surface area contributed by atoms with E-state index in [0.717, 1.165) is 5.39 Å². The van der Waals surface area contributed by atoms with Gasteiger partial charge in [0.2, 0.25) is 0 Å². The topological polar surface area (TPSA) is 95.4 Å². The average molecular weight is 364 g/mol. The van der Waals surface area contributed by atoms with Crippen molar-refractivity contribution in [3.63, 3.8) is 0 Å². The lowest BCUT2D eigenvalue weighted by molar-refractivity contribution is 0.490. The molecule has 4 aromatic carbocycles. The minimum absolute atomic E-state index is 0.0102. The van der Waals surface area contributed by atoms with E-state index in [1.165, 1.54) is 0 Å². The van der Waals surface area contributed by atoms with E-state index in [2.05, 4.69) is 0 Å². The number of fused-ring (bicyclic) bond motifs is 2. The summed E-state index contributed by atoms with van der Waals surface area (Å²) in [6.45, 7) is 0. The first kappa shape index (κ1) is 16.2. The van der Waals surface area contributed by atoms with Gasteiger partial charge in [-0.05, 0) is 22.9 Å². The van der Waals surface area contributed by atoms with Gasteiger partial charge in [0.05, 0.1) is 11.4 Å². The Labute approximate surface area is 150 Å². The molecule has 0 aromatic heterocycles. The Morgan fingerprint density at radius 3 is 2.12 bits per heavy atom. The van der Waals surface area contributed by atoms with Crippen molar-refractivity contribution >= 4 is 43.0 Å². The summed E-state index contributed by atoms with van der Waals surface area (Å²) in [5, 5.41) is 2.73. The predicted molar refractivity (Wildman–Crippen MR) is 105 cm³/mol. The summed E-state index contributed by atoms with van der Waals surface area (Å²) in [5.41, 5.74) is 12.1. The lowest BCUT2D eigenvalue weighted by Gasteiger charge is -2.14. The quantitative estimate of drug-likeness (QED) is 0.424. The van der Waals surface area contributed by atoms with Gasteiger partial charge in [0, 0.05) is 10.8 Å². The molecule has 5 nitrogen and oxygen atoms in total. The minimum atomic E-state index is -4.19. The number of benzene rings is 4. The summed E-state index contributed by atoms with van der Waals surface area (Å²) in [4.78, 5) is -0.110. The highest BCUT2D eigenvalue weighted by Gasteiger charge is 2.25. The average Bonchev–Trinajstić information content (AvgIpc) is 2.62. The molecule has 0 bridgehead atoms. The van der Waals surface area contributed by atoms with Crippen LogP contribution in [0.1, 0.15) is 0 Å². The summed E-state index contributed by atoms with van der Waals surface area (Å²) >= 11 is 0. The third-order valence-electron chi connectivity index (χ3n) is 4.27. The number of hydrogen-bond donors (Lipinski definition) is 2. The monoisotopic (exact) mass is 364 g/mol. The third-order valence-corrected chi connectivity index (χ3v) is 5.61. The maximum Gasteiger partial charge on any atom is 0.342 e. The highest BCUT2D eigenvalue weighted by atomic mass is 32.2. The van der Waals surface area contributed by atoms with Crippen molar-refractivity contribution < 1.29 is 12.6 Å². The summed E-state index contributed by atoms with van der Waals surface area (Å²) in [5.74, 6) is 0.244. The van der Waals surface area contributed by atoms with Crippen LogP contribution in [0.2, 0.25) is 0 Å². The van der Waals surface area contributed by atoms with Crippen LogP contribution in [0, 0.1) is 0 Å². The maximum atomic E-state index is 13.1. The number of hydrogen-bond acceptors (Lipinski definition) is 5. The van der Waals surface area contributed by atoms with Crippen LogP contribution in [-0.2, 0) is 10.1 Å². The molecule has 26 heavy (non-hydrogen) atoms. The first-order chi connectivity index (χ1) is 12.5. The smallest absolute Gasteiger partial charge is 0.342 e. The van der Waals surface area contributed by atoms with Gasteiger partial charge in [0.25, 0.3) is 0 Å². The molecule has 0 fully saturated rings. The van der Waals surface area contributed by atoms with Crippen LogP contribution in [-0.4, -0.2) is 8.42 Å². The van der Waals surface area contributed by atoms with Gasteiger partial charge in [0.15, 0.2) is 5.75 Å². The Kier molecular flexibility index (Phi) is 3.70. The van der Waals surface area contributed by atoms with Crippen LogP contribution >= 0.6 is 0 Å². The molecular formula is C20H16N2O3S. The van der Waals surface area contributed by atoms with Crippen LogP contribution in [0.3, 0.4) is 0 Å². The Hall–Kier alpha value is -3.25. The van der Waals surface area contributed by atoms with Gasteiger partial charge in [-0.1, -0.05) is 60.7 Å². The highest BCUT2D eigenvalue weighted by Crippen LogP contribution is 2.36. The molecule has 4 aromatic rings. The van der Waals surface area contributed by atoms with Gasteiger partial charge in [0.1, 0.15) is 4.90 Å². The van der Waals surface area contributed by atoms with Crippen molar-refractivity contribution in [1.29, 1.82) is 0 Å². The van der Waals surface area contributed by atoms with E-state index in [9.17, 15) is 8.42 Å². The second-order valence-electron chi connectivity index (χ2n) is 5.94. The summed E-state index contributed by atoms with van der Waals surface area (Å²) in [7, 11) is -4.19. The standard InChI is InChI=1S/C20H16N2O3S/c21-17-12-14-7-2-4-10-16(14)20(19(17)22)26(23,24)25-18-11-5-8-13-6-1-3-9-15(13)18/h1-12H,21-22H2. The van der Waals surface area contributed by atoms with Crippen LogP contribution in [0.15, 0.2) is 77.7 Å². The van der Waals surface area contributed by atoms with E-state index in [1.54, 1.807) is 48.5 Å². The van der Waals surface area contributed by atoms with Crippen LogP contribution < -0.4 is 15.7 Å². The fourth-order valence-corrected chi connectivity index (χ4v) is 4.36. The van der Waals surface area contributed by atoms with Gasteiger partial charge in [-0.3, -0.25) is 0 Å². The van der Waals surface area contributed by atoms with E-state index >= 15 is 0 Å². The Balaban J connectivity index is 1.93. The second-order valence-corrected chi connectivity index (χ2v) is 7.43. The molecule has 0 aliphatic heterocycles. The predicted octanol–water partition coefficient (Wildman–Crippen LogP) is 3.93. The van der Waals surface area contributed by atoms with Crippen molar-refractivity contribution in [2.24, 2.45) is 0 Å². The van der Waals surface area contributed by atoms with Crippen molar-refractivity contribution in [3.05, 3.63) is 72.8 Å². The number of nitrogens with two attached hydrogens (primary N) is 2. The largest absolute Gasteiger partial charge is 0.397 e. The molecule has 4 rings (SSSR count). The minimum Gasteiger partial charge on any atom is -0.397 e. The van der Waals surface area contributed by atoms with Crippen LogP contribution in [0.4, 0.5) is 11.4 Å². The molecule has 0 aliphatic rings. The number of anilines is 2. The van der Waals surface area contributed by atoms with Crippen molar-refractivity contribution in [3.8, 4) is 5.75 Å². The van der Waals surface area contributed by atoms with Gasteiger partial charge in [-0.25, -0.2) is 0 Å².